The summed E-state index contributed by atoms with van der Waals surface area (Å²) in [5.74, 6) is 0.794. The fourth-order valence-corrected chi connectivity index (χ4v) is 6.99. The zero-order valence-corrected chi connectivity index (χ0v) is 20.5. The van der Waals surface area contributed by atoms with Crippen molar-refractivity contribution in [1.82, 2.24) is 5.32 Å². The Morgan fingerprint density at radius 3 is 2.31 bits per heavy atom. The quantitative estimate of drug-likeness (QED) is 0.235. The molecular weight excluding hydrogens is 440 g/mol. The Morgan fingerprint density at radius 2 is 1.56 bits per heavy atom. The van der Waals surface area contributed by atoms with Gasteiger partial charge < -0.3 is 10.6 Å². The molecule has 0 saturated heterocycles. The minimum absolute atomic E-state index is 0.0632. The van der Waals surface area contributed by atoms with Gasteiger partial charge in [-0.15, -0.1) is 0 Å². The maximum absolute atomic E-state index is 13.6. The zero-order valence-electron chi connectivity index (χ0n) is 20.5. The molecule has 0 bridgehead atoms. The lowest BCUT2D eigenvalue weighted by molar-refractivity contribution is 0.0928. The molecule has 0 aromatic heterocycles. The molecule has 3 aliphatic rings. The third-order valence-corrected chi connectivity index (χ3v) is 8.71. The van der Waals surface area contributed by atoms with Gasteiger partial charge >= 0.3 is 0 Å². The molecule has 2 N–H and O–H groups in total. The van der Waals surface area contributed by atoms with E-state index in [-0.39, 0.29) is 11.9 Å². The number of hydrogen-bond donors (Lipinski definition) is 2. The summed E-state index contributed by atoms with van der Waals surface area (Å²) in [7, 11) is 0. The Kier molecular flexibility index (Phi) is 5.31. The maximum atomic E-state index is 13.6. The summed E-state index contributed by atoms with van der Waals surface area (Å²) in [4.78, 5) is 13.6. The molecule has 0 spiro atoms. The third kappa shape index (κ3) is 3.52. The molecule has 3 heteroatoms. The van der Waals surface area contributed by atoms with Gasteiger partial charge in [0.05, 0.1) is 17.3 Å². The van der Waals surface area contributed by atoms with E-state index in [1.165, 1.54) is 51.9 Å². The SMILES string of the molecule is O=C(NC1CCCCC1)c1cccc2c1NC(c1c3ccccc3cc3ccccc13)C1CC=CC21. The lowest BCUT2D eigenvalue weighted by atomic mass is 9.74. The Morgan fingerprint density at radius 1 is 0.833 bits per heavy atom. The maximum Gasteiger partial charge on any atom is 0.253 e. The van der Waals surface area contributed by atoms with Gasteiger partial charge in [0.1, 0.15) is 0 Å². The van der Waals surface area contributed by atoms with Crippen LogP contribution >= 0.6 is 0 Å². The van der Waals surface area contributed by atoms with Crippen LogP contribution < -0.4 is 10.6 Å². The summed E-state index contributed by atoms with van der Waals surface area (Å²) in [5, 5.41) is 12.4. The van der Waals surface area contributed by atoms with E-state index in [2.05, 4.69) is 89.5 Å². The van der Waals surface area contributed by atoms with Gasteiger partial charge in [-0.05, 0) is 70.0 Å². The molecule has 1 aliphatic heterocycles. The highest BCUT2D eigenvalue weighted by atomic mass is 16.1. The van der Waals surface area contributed by atoms with Crippen LogP contribution in [0, 0.1) is 5.92 Å². The van der Waals surface area contributed by atoms with Crippen molar-refractivity contribution in [2.24, 2.45) is 5.92 Å². The van der Waals surface area contributed by atoms with Crippen LogP contribution in [0.2, 0.25) is 0 Å². The standard InChI is InChI=1S/C33H32N2O/c36-33(34-23-12-2-1-3-13-23)29-19-9-17-27-26-16-8-18-28(26)32(35-31(27)29)30-24-14-6-4-10-21(24)20-22-11-5-7-15-25(22)30/h4-11,14-17,19-20,23,26,28,32,35H,1-3,12-13,18H2,(H,34,36). The molecule has 4 aromatic rings. The van der Waals surface area contributed by atoms with Crippen LogP contribution in [-0.2, 0) is 0 Å². The molecular formula is C33H32N2O. The van der Waals surface area contributed by atoms with Crippen molar-refractivity contribution in [2.75, 3.05) is 5.32 Å². The van der Waals surface area contributed by atoms with Crippen molar-refractivity contribution in [2.45, 2.75) is 56.5 Å². The molecule has 36 heavy (non-hydrogen) atoms. The molecule has 0 radical (unpaired) electrons. The number of fused-ring (bicyclic) bond motifs is 5. The molecule has 180 valence electrons. The third-order valence-electron chi connectivity index (χ3n) is 8.71. The van der Waals surface area contributed by atoms with Gasteiger partial charge in [0.15, 0.2) is 0 Å². The second kappa shape index (κ2) is 8.81. The minimum Gasteiger partial charge on any atom is -0.377 e. The second-order valence-electron chi connectivity index (χ2n) is 10.8. The van der Waals surface area contributed by atoms with Crippen LogP contribution in [-0.4, -0.2) is 11.9 Å². The van der Waals surface area contributed by atoms with Crippen LogP contribution in [0.1, 0.15) is 72.0 Å². The highest BCUT2D eigenvalue weighted by Crippen LogP contribution is 2.52. The topological polar surface area (TPSA) is 41.1 Å². The molecule has 1 fully saturated rings. The number of carbonyl (C=O) groups is 1. The first-order valence-corrected chi connectivity index (χ1v) is 13.6. The lowest BCUT2D eigenvalue weighted by Gasteiger charge is -2.39. The average molecular weight is 473 g/mol. The normalized spacial score (nSPS) is 23.3. The fraction of sp³-hybridized carbons (Fsp3) is 0.303. The molecule has 1 saturated carbocycles. The Bertz CT molecular complexity index is 1440. The number of amides is 1. The van der Waals surface area contributed by atoms with E-state index >= 15 is 0 Å². The van der Waals surface area contributed by atoms with E-state index in [4.69, 9.17) is 0 Å². The van der Waals surface area contributed by atoms with Gasteiger partial charge in [-0.25, -0.2) is 0 Å². The number of anilines is 1. The average Bonchev–Trinajstić information content (AvgIpc) is 3.42. The van der Waals surface area contributed by atoms with E-state index < -0.39 is 0 Å². The van der Waals surface area contributed by atoms with Crippen molar-refractivity contribution in [1.29, 1.82) is 0 Å². The van der Waals surface area contributed by atoms with Gasteiger partial charge in [0, 0.05) is 12.0 Å². The first-order valence-electron chi connectivity index (χ1n) is 13.6. The Hall–Kier alpha value is -3.59. The van der Waals surface area contributed by atoms with E-state index in [9.17, 15) is 4.79 Å². The number of allylic oxidation sites excluding steroid dienone is 2. The van der Waals surface area contributed by atoms with Crippen molar-refractivity contribution >= 4 is 33.1 Å². The zero-order chi connectivity index (χ0) is 24.1. The first kappa shape index (κ1) is 21.7. The van der Waals surface area contributed by atoms with Crippen molar-refractivity contribution in [3.63, 3.8) is 0 Å². The molecule has 3 nitrogen and oxygen atoms in total. The predicted molar refractivity (Wildman–Crippen MR) is 149 cm³/mol. The van der Waals surface area contributed by atoms with E-state index in [0.717, 1.165) is 30.5 Å². The van der Waals surface area contributed by atoms with E-state index in [1.807, 2.05) is 6.07 Å². The van der Waals surface area contributed by atoms with Gasteiger partial charge in [0.25, 0.3) is 5.91 Å². The molecule has 3 unspecified atom stereocenters. The molecule has 2 aliphatic carbocycles. The van der Waals surface area contributed by atoms with Gasteiger partial charge in [-0.3, -0.25) is 4.79 Å². The predicted octanol–water partition coefficient (Wildman–Crippen LogP) is 7.88. The summed E-state index contributed by atoms with van der Waals surface area (Å²) in [6.45, 7) is 0. The second-order valence-corrected chi connectivity index (χ2v) is 10.8. The molecule has 4 aromatic carbocycles. The molecule has 1 heterocycles. The number of benzene rings is 4. The molecule has 3 atom stereocenters. The van der Waals surface area contributed by atoms with Crippen LogP contribution in [0.15, 0.2) is 84.9 Å². The highest BCUT2D eigenvalue weighted by molar-refractivity contribution is 6.04. The summed E-state index contributed by atoms with van der Waals surface area (Å²) in [6.07, 6.45) is 11.6. The fourth-order valence-electron chi connectivity index (χ4n) is 6.99. The Labute approximate surface area is 212 Å². The summed E-state index contributed by atoms with van der Waals surface area (Å²) >= 11 is 0. The number of para-hydroxylation sites is 1. The Balaban J connectivity index is 1.37. The molecule has 7 rings (SSSR count). The monoisotopic (exact) mass is 472 g/mol. The van der Waals surface area contributed by atoms with Crippen molar-refractivity contribution in [3.8, 4) is 0 Å². The largest absolute Gasteiger partial charge is 0.377 e. The summed E-state index contributed by atoms with van der Waals surface area (Å²) in [5.41, 5.74) is 4.41. The lowest BCUT2D eigenvalue weighted by Crippen LogP contribution is -2.37. The molecule has 1 amide bonds. The first-order chi connectivity index (χ1) is 17.8. The van der Waals surface area contributed by atoms with Crippen LogP contribution in [0.5, 0.6) is 0 Å². The van der Waals surface area contributed by atoms with Crippen LogP contribution in [0.4, 0.5) is 5.69 Å². The van der Waals surface area contributed by atoms with Gasteiger partial charge in [-0.1, -0.05) is 92.1 Å². The van der Waals surface area contributed by atoms with E-state index in [0.29, 0.717) is 17.9 Å². The van der Waals surface area contributed by atoms with Gasteiger partial charge in [0.2, 0.25) is 0 Å². The van der Waals surface area contributed by atoms with Crippen molar-refractivity contribution in [3.05, 3.63) is 102 Å². The van der Waals surface area contributed by atoms with E-state index in [1.54, 1.807) is 0 Å². The minimum atomic E-state index is 0.0632. The van der Waals surface area contributed by atoms with Crippen LogP contribution in [0.25, 0.3) is 21.5 Å². The highest BCUT2D eigenvalue weighted by Gasteiger charge is 2.40. The number of hydrogen-bond acceptors (Lipinski definition) is 2. The van der Waals surface area contributed by atoms with Crippen LogP contribution in [0.3, 0.4) is 0 Å². The van der Waals surface area contributed by atoms with Gasteiger partial charge in [-0.2, -0.15) is 0 Å². The number of rotatable bonds is 3. The number of nitrogens with one attached hydrogen (secondary N) is 2. The summed E-state index contributed by atoms with van der Waals surface area (Å²) < 4.78 is 0. The van der Waals surface area contributed by atoms with Crippen molar-refractivity contribution < 1.29 is 4.79 Å². The number of carbonyl (C=O) groups excluding carboxylic acids is 1. The summed E-state index contributed by atoms with van der Waals surface area (Å²) in [6, 6.07) is 26.5. The smallest absolute Gasteiger partial charge is 0.253 e.